The number of nitrogens with zero attached hydrogens (tertiary/aromatic N) is 1. The molecule has 0 bridgehead atoms. The van der Waals surface area contributed by atoms with Crippen molar-refractivity contribution in [3.8, 4) is 33.4 Å². The van der Waals surface area contributed by atoms with E-state index in [1.807, 2.05) is 12.1 Å². The van der Waals surface area contributed by atoms with E-state index in [4.69, 9.17) is 4.42 Å². The van der Waals surface area contributed by atoms with E-state index >= 15 is 0 Å². The molecule has 0 saturated heterocycles. The summed E-state index contributed by atoms with van der Waals surface area (Å²) in [5.74, 6) is 0. The number of hydrogen-bond donors (Lipinski definition) is 0. The molecule has 0 saturated carbocycles. The van der Waals surface area contributed by atoms with Gasteiger partial charge in [-0.05, 0) is 91.0 Å². The second kappa shape index (κ2) is 13.2. The Bertz CT molecular complexity index is 3230. The second-order valence-electron chi connectivity index (χ2n) is 14.4. The van der Waals surface area contributed by atoms with Gasteiger partial charge in [0.05, 0.1) is 5.69 Å². The minimum absolute atomic E-state index is 0.907. The number of hydrogen-bond acceptors (Lipinski definition) is 2. The third kappa shape index (κ3) is 5.26. The predicted molar refractivity (Wildman–Crippen MR) is 237 cm³/mol. The molecule has 0 fully saturated rings. The quantitative estimate of drug-likeness (QED) is 0.160. The summed E-state index contributed by atoms with van der Waals surface area (Å²) in [7, 11) is 0. The monoisotopic (exact) mass is 713 g/mol. The SMILES string of the molecule is c1ccc(-c2ccccc2N(c2ccc(-c3cccc4c3ccc3c5ccccc5ccc43)cc2)c2ccc(-c3cccc4c3oc3ccccc34)cc2)cc1. The Morgan fingerprint density at radius 2 is 0.804 bits per heavy atom. The summed E-state index contributed by atoms with van der Waals surface area (Å²) in [6, 6.07) is 76.4. The van der Waals surface area contributed by atoms with Crippen molar-refractivity contribution in [1.82, 2.24) is 0 Å². The number of fused-ring (bicyclic) bond motifs is 8. The average Bonchev–Trinajstić information content (AvgIpc) is 3.66. The molecule has 0 amide bonds. The van der Waals surface area contributed by atoms with Crippen LogP contribution in [0.4, 0.5) is 17.1 Å². The molecule has 0 unspecified atom stereocenters. The van der Waals surface area contributed by atoms with Gasteiger partial charge >= 0.3 is 0 Å². The summed E-state index contributed by atoms with van der Waals surface area (Å²) in [5.41, 5.74) is 12.0. The van der Waals surface area contributed by atoms with Crippen LogP contribution in [0.15, 0.2) is 217 Å². The lowest BCUT2D eigenvalue weighted by Gasteiger charge is -2.28. The van der Waals surface area contributed by atoms with Crippen molar-refractivity contribution >= 4 is 71.3 Å². The second-order valence-corrected chi connectivity index (χ2v) is 14.4. The van der Waals surface area contributed by atoms with Crippen LogP contribution in [-0.2, 0) is 0 Å². The van der Waals surface area contributed by atoms with E-state index in [0.717, 1.165) is 50.1 Å². The molecule has 2 nitrogen and oxygen atoms in total. The van der Waals surface area contributed by atoms with Crippen molar-refractivity contribution in [2.45, 2.75) is 0 Å². The van der Waals surface area contributed by atoms with E-state index in [1.54, 1.807) is 0 Å². The Morgan fingerprint density at radius 3 is 1.61 bits per heavy atom. The van der Waals surface area contributed by atoms with Crippen LogP contribution in [0.1, 0.15) is 0 Å². The lowest BCUT2D eigenvalue weighted by Crippen LogP contribution is -2.11. The Hall–Kier alpha value is -7.42. The molecular formula is C54H35NO. The Labute approximate surface area is 325 Å². The fraction of sp³-hybridized carbons (Fsp3) is 0. The molecule has 0 aliphatic carbocycles. The maximum Gasteiger partial charge on any atom is 0.143 e. The molecular weight excluding hydrogens is 679 g/mol. The highest BCUT2D eigenvalue weighted by Gasteiger charge is 2.19. The Balaban J connectivity index is 1.03. The maximum absolute atomic E-state index is 6.42. The van der Waals surface area contributed by atoms with Gasteiger partial charge < -0.3 is 9.32 Å². The number of furan rings is 1. The minimum atomic E-state index is 0.907. The van der Waals surface area contributed by atoms with Crippen LogP contribution in [0.25, 0.3) is 87.6 Å². The van der Waals surface area contributed by atoms with E-state index in [2.05, 4.69) is 205 Å². The van der Waals surface area contributed by atoms with Crippen molar-refractivity contribution in [2.75, 3.05) is 4.90 Å². The smallest absolute Gasteiger partial charge is 0.143 e. The van der Waals surface area contributed by atoms with Crippen molar-refractivity contribution in [1.29, 1.82) is 0 Å². The number of rotatable bonds is 6. The zero-order valence-corrected chi connectivity index (χ0v) is 30.6. The third-order valence-corrected chi connectivity index (χ3v) is 11.3. The number of para-hydroxylation sites is 3. The highest BCUT2D eigenvalue weighted by molar-refractivity contribution is 6.19. The summed E-state index contributed by atoms with van der Waals surface area (Å²) >= 11 is 0. The van der Waals surface area contributed by atoms with Gasteiger partial charge in [-0.15, -0.1) is 0 Å². The zero-order valence-electron chi connectivity index (χ0n) is 30.6. The van der Waals surface area contributed by atoms with Gasteiger partial charge in [0.2, 0.25) is 0 Å². The molecule has 0 atom stereocenters. The first-order valence-corrected chi connectivity index (χ1v) is 19.2. The van der Waals surface area contributed by atoms with Crippen molar-refractivity contribution in [2.24, 2.45) is 0 Å². The standard InChI is InChI=1S/C54H35NO/c1-2-12-36(13-3-1)44-16-6-8-22-52(44)55(41-31-26-39(27-32-41)45-19-11-21-51-50-17-7-9-23-53(50)56-54(45)51)40-29-24-38(25-30-40)43-18-10-20-46-47(43)34-35-48-42-15-5-4-14-37(42)28-33-49(46)48/h1-35H. The van der Waals surface area contributed by atoms with Gasteiger partial charge in [-0.1, -0.05) is 176 Å². The van der Waals surface area contributed by atoms with Crippen molar-refractivity contribution in [3.63, 3.8) is 0 Å². The van der Waals surface area contributed by atoms with E-state index in [9.17, 15) is 0 Å². The topological polar surface area (TPSA) is 16.4 Å². The summed E-state index contributed by atoms with van der Waals surface area (Å²) < 4.78 is 6.42. The molecule has 1 aromatic heterocycles. The number of benzene rings is 10. The molecule has 56 heavy (non-hydrogen) atoms. The van der Waals surface area contributed by atoms with Crippen molar-refractivity contribution in [3.05, 3.63) is 212 Å². The molecule has 0 radical (unpaired) electrons. The third-order valence-electron chi connectivity index (χ3n) is 11.3. The summed E-state index contributed by atoms with van der Waals surface area (Å²) in [6.07, 6.45) is 0. The van der Waals surface area contributed by atoms with Crippen LogP contribution in [0.2, 0.25) is 0 Å². The first-order valence-electron chi connectivity index (χ1n) is 19.2. The van der Waals surface area contributed by atoms with Gasteiger partial charge in [0, 0.05) is 33.3 Å². The van der Waals surface area contributed by atoms with Gasteiger partial charge in [0.15, 0.2) is 0 Å². The van der Waals surface area contributed by atoms with Gasteiger partial charge in [-0.3, -0.25) is 0 Å². The summed E-state index contributed by atoms with van der Waals surface area (Å²) in [6.45, 7) is 0. The molecule has 0 N–H and O–H groups in total. The van der Waals surface area contributed by atoms with Crippen LogP contribution in [0.3, 0.4) is 0 Å². The predicted octanol–water partition coefficient (Wildman–Crippen LogP) is 15.5. The molecule has 1 heterocycles. The molecule has 2 heteroatoms. The fourth-order valence-corrected chi connectivity index (χ4v) is 8.62. The molecule has 11 rings (SSSR count). The Kier molecular flexibility index (Phi) is 7.53. The molecule has 0 aliphatic rings. The van der Waals surface area contributed by atoms with Gasteiger partial charge in [-0.2, -0.15) is 0 Å². The molecule has 262 valence electrons. The molecule has 11 aromatic rings. The van der Waals surface area contributed by atoms with Gasteiger partial charge in [0.25, 0.3) is 0 Å². The van der Waals surface area contributed by atoms with Crippen LogP contribution >= 0.6 is 0 Å². The molecule has 10 aromatic carbocycles. The van der Waals surface area contributed by atoms with Crippen LogP contribution in [0.5, 0.6) is 0 Å². The number of anilines is 3. The largest absolute Gasteiger partial charge is 0.455 e. The average molecular weight is 714 g/mol. The van der Waals surface area contributed by atoms with Gasteiger partial charge in [-0.25, -0.2) is 0 Å². The normalized spacial score (nSPS) is 11.6. The van der Waals surface area contributed by atoms with Crippen molar-refractivity contribution < 1.29 is 4.42 Å². The highest BCUT2D eigenvalue weighted by atomic mass is 16.3. The molecule has 0 aliphatic heterocycles. The highest BCUT2D eigenvalue weighted by Crippen LogP contribution is 2.43. The van der Waals surface area contributed by atoms with E-state index in [-0.39, 0.29) is 0 Å². The summed E-state index contributed by atoms with van der Waals surface area (Å²) in [4.78, 5) is 2.37. The Morgan fingerprint density at radius 1 is 0.286 bits per heavy atom. The summed E-state index contributed by atoms with van der Waals surface area (Å²) in [5, 5.41) is 9.92. The first-order chi connectivity index (χ1) is 27.8. The van der Waals surface area contributed by atoms with E-state index < -0.39 is 0 Å². The fourth-order valence-electron chi connectivity index (χ4n) is 8.62. The van der Waals surface area contributed by atoms with E-state index in [1.165, 1.54) is 54.6 Å². The van der Waals surface area contributed by atoms with Crippen LogP contribution in [-0.4, -0.2) is 0 Å². The van der Waals surface area contributed by atoms with E-state index in [0.29, 0.717) is 0 Å². The lowest BCUT2D eigenvalue weighted by molar-refractivity contribution is 0.670. The van der Waals surface area contributed by atoms with Gasteiger partial charge in [0.1, 0.15) is 11.2 Å². The molecule has 0 spiro atoms. The maximum atomic E-state index is 6.42. The zero-order chi connectivity index (χ0) is 37.0. The minimum Gasteiger partial charge on any atom is -0.455 e. The van der Waals surface area contributed by atoms with Crippen LogP contribution < -0.4 is 4.90 Å². The first kappa shape index (κ1) is 32.0. The lowest BCUT2D eigenvalue weighted by atomic mass is 9.92. The van der Waals surface area contributed by atoms with Crippen LogP contribution in [0, 0.1) is 0 Å².